The predicted molar refractivity (Wildman–Crippen MR) is 46.9 cm³/mol. The van der Waals surface area contributed by atoms with E-state index in [1.54, 1.807) is 0 Å². The van der Waals surface area contributed by atoms with Gasteiger partial charge in [0, 0.05) is 13.2 Å². The lowest BCUT2D eigenvalue weighted by atomic mass is 9.91. The fraction of sp³-hybridized carbons (Fsp3) is 0.800. The molecule has 0 amide bonds. The topological polar surface area (TPSA) is 29.5 Å². The molecule has 2 heteroatoms. The Bertz CT molecular complexity index is 180. The van der Waals surface area contributed by atoms with E-state index in [1.165, 1.54) is 5.57 Å². The normalized spacial score (nSPS) is 32.1. The molecule has 2 rings (SSSR count). The molecular formula is C10H16O2. The summed E-state index contributed by atoms with van der Waals surface area (Å²) >= 11 is 0. The molecule has 0 saturated carbocycles. The van der Waals surface area contributed by atoms with Crippen molar-refractivity contribution in [1.82, 2.24) is 0 Å². The largest absolute Gasteiger partial charge is 0.389 e. The first kappa shape index (κ1) is 8.27. The van der Waals surface area contributed by atoms with E-state index in [4.69, 9.17) is 4.74 Å². The maximum absolute atomic E-state index is 9.32. The van der Waals surface area contributed by atoms with Crippen LogP contribution in [-0.2, 0) is 4.74 Å². The summed E-state index contributed by atoms with van der Waals surface area (Å²) in [5.41, 5.74) is 1.48. The van der Waals surface area contributed by atoms with Crippen LogP contribution in [0.15, 0.2) is 11.6 Å². The first-order chi connectivity index (χ1) is 5.86. The van der Waals surface area contributed by atoms with E-state index in [-0.39, 0.29) is 6.10 Å². The summed E-state index contributed by atoms with van der Waals surface area (Å²) < 4.78 is 5.30. The van der Waals surface area contributed by atoms with Gasteiger partial charge in [-0.25, -0.2) is 0 Å². The minimum Gasteiger partial charge on any atom is -0.389 e. The fourth-order valence-electron chi connectivity index (χ4n) is 2.14. The van der Waals surface area contributed by atoms with E-state index in [0.29, 0.717) is 5.92 Å². The number of aliphatic hydroxyl groups excluding tert-OH is 1. The number of hydrogen-bond acceptors (Lipinski definition) is 2. The summed E-state index contributed by atoms with van der Waals surface area (Å²) in [6.45, 7) is 1.80. The third kappa shape index (κ3) is 1.70. The van der Waals surface area contributed by atoms with Crippen molar-refractivity contribution >= 4 is 0 Å². The molecule has 2 nitrogen and oxygen atoms in total. The van der Waals surface area contributed by atoms with Crippen LogP contribution in [0.3, 0.4) is 0 Å². The second kappa shape index (κ2) is 3.58. The van der Waals surface area contributed by atoms with E-state index in [0.717, 1.165) is 38.9 Å². The van der Waals surface area contributed by atoms with Gasteiger partial charge in [-0.05, 0) is 31.6 Å². The number of allylic oxidation sites excluding steroid dienone is 1. The van der Waals surface area contributed by atoms with Crippen LogP contribution in [0.1, 0.15) is 25.7 Å². The Kier molecular flexibility index (Phi) is 2.47. The van der Waals surface area contributed by atoms with Gasteiger partial charge in [-0.3, -0.25) is 0 Å². The molecule has 0 bridgehead atoms. The SMILES string of the molecule is OC1C=C(C2CCOCC2)CC1. The number of aliphatic hydroxyl groups is 1. The van der Waals surface area contributed by atoms with Crippen LogP contribution in [0, 0.1) is 5.92 Å². The van der Waals surface area contributed by atoms with Crippen molar-refractivity contribution in [2.24, 2.45) is 5.92 Å². The molecular weight excluding hydrogens is 152 g/mol. The molecule has 68 valence electrons. The molecule has 1 heterocycles. The first-order valence-electron chi connectivity index (χ1n) is 4.82. The fourth-order valence-corrected chi connectivity index (χ4v) is 2.14. The van der Waals surface area contributed by atoms with Crippen LogP contribution < -0.4 is 0 Å². The lowest BCUT2D eigenvalue weighted by Crippen LogP contribution is -2.16. The highest BCUT2D eigenvalue weighted by Crippen LogP contribution is 2.31. The second-order valence-electron chi connectivity index (χ2n) is 3.73. The minimum atomic E-state index is -0.164. The first-order valence-corrected chi connectivity index (χ1v) is 4.82. The van der Waals surface area contributed by atoms with Gasteiger partial charge in [-0.1, -0.05) is 11.6 Å². The van der Waals surface area contributed by atoms with Crippen LogP contribution >= 0.6 is 0 Å². The Labute approximate surface area is 73.2 Å². The van der Waals surface area contributed by atoms with Crippen molar-refractivity contribution in [3.63, 3.8) is 0 Å². The molecule has 12 heavy (non-hydrogen) atoms. The minimum absolute atomic E-state index is 0.164. The summed E-state index contributed by atoms with van der Waals surface area (Å²) in [5.74, 6) is 0.705. The molecule has 1 fully saturated rings. The van der Waals surface area contributed by atoms with Gasteiger partial charge >= 0.3 is 0 Å². The molecule has 1 aliphatic carbocycles. The highest BCUT2D eigenvalue weighted by molar-refractivity contribution is 5.15. The van der Waals surface area contributed by atoms with Crippen LogP contribution in [-0.4, -0.2) is 24.4 Å². The van der Waals surface area contributed by atoms with Crippen molar-refractivity contribution in [3.8, 4) is 0 Å². The van der Waals surface area contributed by atoms with Gasteiger partial charge < -0.3 is 9.84 Å². The smallest absolute Gasteiger partial charge is 0.0726 e. The molecule has 1 aliphatic heterocycles. The van der Waals surface area contributed by atoms with Gasteiger partial charge in [0.15, 0.2) is 0 Å². The van der Waals surface area contributed by atoms with Crippen LogP contribution in [0.25, 0.3) is 0 Å². The molecule has 0 radical (unpaired) electrons. The van der Waals surface area contributed by atoms with Crippen molar-refractivity contribution in [1.29, 1.82) is 0 Å². The van der Waals surface area contributed by atoms with E-state index < -0.39 is 0 Å². The zero-order valence-electron chi connectivity index (χ0n) is 7.33. The predicted octanol–water partition coefficient (Wildman–Crippen LogP) is 1.49. The number of hydrogen-bond donors (Lipinski definition) is 1. The Morgan fingerprint density at radius 3 is 2.58 bits per heavy atom. The molecule has 1 unspecified atom stereocenters. The third-order valence-electron chi connectivity index (χ3n) is 2.88. The number of ether oxygens (including phenoxy) is 1. The molecule has 0 aromatic heterocycles. The van der Waals surface area contributed by atoms with Gasteiger partial charge in [0.05, 0.1) is 6.10 Å². The summed E-state index contributed by atoms with van der Waals surface area (Å²) in [5, 5.41) is 9.32. The highest BCUT2D eigenvalue weighted by atomic mass is 16.5. The summed E-state index contributed by atoms with van der Waals surface area (Å²) in [4.78, 5) is 0. The lowest BCUT2D eigenvalue weighted by Gasteiger charge is -2.22. The van der Waals surface area contributed by atoms with E-state index in [2.05, 4.69) is 6.08 Å². The average Bonchev–Trinajstić information content (AvgIpc) is 2.54. The van der Waals surface area contributed by atoms with Crippen molar-refractivity contribution in [3.05, 3.63) is 11.6 Å². The van der Waals surface area contributed by atoms with E-state index in [1.807, 2.05) is 0 Å². The summed E-state index contributed by atoms with van der Waals surface area (Å²) in [6, 6.07) is 0. The Morgan fingerprint density at radius 2 is 2.00 bits per heavy atom. The molecule has 2 aliphatic rings. The molecule has 0 spiro atoms. The molecule has 1 saturated heterocycles. The monoisotopic (exact) mass is 168 g/mol. The zero-order valence-corrected chi connectivity index (χ0v) is 7.33. The van der Waals surface area contributed by atoms with Gasteiger partial charge in [0.2, 0.25) is 0 Å². The standard InChI is InChI=1S/C10H16O2/c11-10-2-1-9(7-10)8-3-5-12-6-4-8/h7-8,10-11H,1-6H2. The molecule has 1 atom stereocenters. The van der Waals surface area contributed by atoms with Gasteiger partial charge in [0.25, 0.3) is 0 Å². The zero-order chi connectivity index (χ0) is 8.39. The van der Waals surface area contributed by atoms with Gasteiger partial charge in [-0.15, -0.1) is 0 Å². The Hall–Kier alpha value is -0.340. The lowest BCUT2D eigenvalue weighted by molar-refractivity contribution is 0.0752. The average molecular weight is 168 g/mol. The van der Waals surface area contributed by atoms with E-state index >= 15 is 0 Å². The van der Waals surface area contributed by atoms with Crippen LogP contribution in [0.2, 0.25) is 0 Å². The van der Waals surface area contributed by atoms with E-state index in [9.17, 15) is 5.11 Å². The maximum Gasteiger partial charge on any atom is 0.0726 e. The summed E-state index contributed by atoms with van der Waals surface area (Å²) in [6.07, 6.45) is 6.23. The van der Waals surface area contributed by atoms with Crippen molar-refractivity contribution < 1.29 is 9.84 Å². The Morgan fingerprint density at radius 1 is 1.25 bits per heavy atom. The van der Waals surface area contributed by atoms with Gasteiger partial charge in [0.1, 0.15) is 0 Å². The van der Waals surface area contributed by atoms with Crippen molar-refractivity contribution in [2.45, 2.75) is 31.8 Å². The van der Waals surface area contributed by atoms with Crippen molar-refractivity contribution in [2.75, 3.05) is 13.2 Å². The van der Waals surface area contributed by atoms with Crippen LogP contribution in [0.4, 0.5) is 0 Å². The van der Waals surface area contributed by atoms with Crippen LogP contribution in [0.5, 0.6) is 0 Å². The number of rotatable bonds is 1. The molecule has 0 aromatic carbocycles. The highest BCUT2D eigenvalue weighted by Gasteiger charge is 2.22. The summed E-state index contributed by atoms with van der Waals surface area (Å²) in [7, 11) is 0. The van der Waals surface area contributed by atoms with Gasteiger partial charge in [-0.2, -0.15) is 0 Å². The Balaban J connectivity index is 1.94. The second-order valence-corrected chi connectivity index (χ2v) is 3.73. The maximum atomic E-state index is 9.32. The quantitative estimate of drug-likeness (QED) is 0.601. The third-order valence-corrected chi connectivity index (χ3v) is 2.88. The molecule has 0 aromatic rings. The molecule has 1 N–H and O–H groups in total.